The molecule has 0 aliphatic carbocycles. The third-order valence-corrected chi connectivity index (χ3v) is 4.20. The van der Waals surface area contributed by atoms with Crippen molar-refractivity contribution in [1.29, 1.82) is 0 Å². The number of aromatic nitrogens is 3. The molecule has 24 heavy (non-hydrogen) atoms. The lowest BCUT2D eigenvalue weighted by molar-refractivity contribution is 0.0255. The Labute approximate surface area is 140 Å². The van der Waals surface area contributed by atoms with E-state index < -0.39 is 5.60 Å². The van der Waals surface area contributed by atoms with E-state index >= 15 is 0 Å². The van der Waals surface area contributed by atoms with E-state index in [-0.39, 0.29) is 17.8 Å². The minimum Gasteiger partial charge on any atom is -0.444 e. The first-order valence-corrected chi connectivity index (χ1v) is 8.38. The van der Waals surface area contributed by atoms with Crippen molar-refractivity contribution in [1.82, 2.24) is 19.4 Å². The number of rotatable bonds is 1. The molecule has 1 fully saturated rings. The van der Waals surface area contributed by atoms with Crippen LogP contribution in [0.15, 0.2) is 23.1 Å². The molecule has 0 aromatic carbocycles. The van der Waals surface area contributed by atoms with Crippen LogP contribution < -0.4 is 5.69 Å². The highest BCUT2D eigenvalue weighted by atomic mass is 16.6. The zero-order chi connectivity index (χ0) is 17.3. The molecule has 7 nitrogen and oxygen atoms in total. The van der Waals surface area contributed by atoms with Crippen molar-refractivity contribution in [3.05, 3.63) is 28.8 Å². The van der Waals surface area contributed by atoms with Crippen LogP contribution >= 0.6 is 0 Å². The van der Waals surface area contributed by atoms with Gasteiger partial charge in [-0.2, -0.15) is 0 Å². The summed E-state index contributed by atoms with van der Waals surface area (Å²) in [5.41, 5.74) is 0.788. The number of likely N-dealkylation sites (tertiary alicyclic amines) is 1. The lowest BCUT2D eigenvalue weighted by Crippen LogP contribution is -2.37. The number of imidazole rings is 1. The molecule has 1 aliphatic heterocycles. The Kier molecular flexibility index (Phi) is 4.34. The molecule has 0 radical (unpaired) electrons. The molecule has 0 spiro atoms. The second-order valence-electron chi connectivity index (χ2n) is 7.22. The van der Waals surface area contributed by atoms with Crippen LogP contribution in [-0.4, -0.2) is 44.2 Å². The number of hydrogen-bond acceptors (Lipinski definition) is 4. The van der Waals surface area contributed by atoms with Crippen molar-refractivity contribution in [2.75, 3.05) is 13.1 Å². The van der Waals surface area contributed by atoms with Gasteiger partial charge in [0, 0.05) is 25.3 Å². The summed E-state index contributed by atoms with van der Waals surface area (Å²) in [6.45, 7) is 6.83. The summed E-state index contributed by atoms with van der Waals surface area (Å²) in [6.07, 6.45) is 3.79. The fraction of sp³-hybridized carbons (Fsp3) is 0.588. The van der Waals surface area contributed by atoms with Crippen LogP contribution in [0.25, 0.3) is 11.2 Å². The molecule has 1 amide bonds. The van der Waals surface area contributed by atoms with Crippen LogP contribution in [0.5, 0.6) is 0 Å². The van der Waals surface area contributed by atoms with E-state index in [0.717, 1.165) is 24.8 Å². The highest BCUT2D eigenvalue weighted by Crippen LogP contribution is 2.25. The molecule has 0 bridgehead atoms. The average molecular weight is 332 g/mol. The van der Waals surface area contributed by atoms with Gasteiger partial charge in [0.25, 0.3) is 0 Å². The van der Waals surface area contributed by atoms with Gasteiger partial charge in [0.15, 0.2) is 5.65 Å². The first-order chi connectivity index (χ1) is 11.3. The maximum atomic E-state index is 12.3. The van der Waals surface area contributed by atoms with Gasteiger partial charge in [-0.3, -0.25) is 9.55 Å². The predicted octanol–water partition coefficient (Wildman–Crippen LogP) is 2.69. The number of pyridine rings is 1. The number of aromatic amines is 1. The van der Waals surface area contributed by atoms with Crippen LogP contribution in [0.4, 0.5) is 4.79 Å². The van der Waals surface area contributed by atoms with Crippen molar-refractivity contribution < 1.29 is 9.53 Å². The number of hydrogen-bond donors (Lipinski definition) is 1. The summed E-state index contributed by atoms with van der Waals surface area (Å²) in [7, 11) is 0. The Balaban J connectivity index is 1.77. The number of ether oxygens (including phenoxy) is 1. The number of fused-ring (bicyclic) bond motifs is 1. The summed E-state index contributed by atoms with van der Waals surface area (Å²) in [5, 5.41) is 0. The normalized spacial score (nSPS) is 19.3. The first kappa shape index (κ1) is 16.5. The largest absolute Gasteiger partial charge is 0.444 e. The Hall–Kier alpha value is -2.31. The molecule has 2 aromatic heterocycles. The molecule has 1 unspecified atom stereocenters. The standard InChI is InChI=1S/C17H24N4O3/c1-17(2,3)24-16(23)20-10-5-6-12(8-11-20)21-13-7-4-9-18-14(13)19-15(21)22/h4,7,9,12H,5-6,8,10-11H2,1-3H3,(H,18,19,22). The Morgan fingerprint density at radius 3 is 2.88 bits per heavy atom. The fourth-order valence-corrected chi connectivity index (χ4v) is 3.17. The van der Waals surface area contributed by atoms with Gasteiger partial charge in [-0.25, -0.2) is 14.6 Å². The SMILES string of the molecule is CC(C)(C)OC(=O)N1CCCC(n2c(=O)[nH]c3ncccc32)CC1. The third kappa shape index (κ3) is 3.44. The third-order valence-electron chi connectivity index (χ3n) is 4.20. The molecule has 2 aromatic rings. The van der Waals surface area contributed by atoms with Gasteiger partial charge in [0.1, 0.15) is 5.60 Å². The molecule has 0 saturated carbocycles. The zero-order valence-electron chi connectivity index (χ0n) is 14.4. The molecular weight excluding hydrogens is 308 g/mol. The molecule has 3 heterocycles. The summed E-state index contributed by atoms with van der Waals surface area (Å²) in [4.78, 5) is 33.3. The van der Waals surface area contributed by atoms with Gasteiger partial charge in [-0.05, 0) is 52.2 Å². The highest BCUT2D eigenvalue weighted by Gasteiger charge is 2.27. The van der Waals surface area contributed by atoms with Gasteiger partial charge < -0.3 is 9.64 Å². The number of H-pyrrole nitrogens is 1. The topological polar surface area (TPSA) is 80.2 Å². The van der Waals surface area contributed by atoms with Crippen LogP contribution in [0.3, 0.4) is 0 Å². The Bertz CT molecular complexity index is 787. The van der Waals surface area contributed by atoms with Gasteiger partial charge in [0.05, 0.1) is 5.52 Å². The minimum atomic E-state index is -0.498. The Morgan fingerprint density at radius 1 is 1.33 bits per heavy atom. The smallest absolute Gasteiger partial charge is 0.410 e. The average Bonchev–Trinajstić information content (AvgIpc) is 2.67. The van der Waals surface area contributed by atoms with E-state index in [1.165, 1.54) is 0 Å². The van der Waals surface area contributed by atoms with E-state index in [1.807, 2.05) is 32.9 Å². The maximum Gasteiger partial charge on any atom is 0.410 e. The van der Waals surface area contributed by atoms with Gasteiger partial charge in [-0.15, -0.1) is 0 Å². The minimum absolute atomic E-state index is 0.0582. The van der Waals surface area contributed by atoms with Crippen LogP contribution in [0.2, 0.25) is 0 Å². The number of nitrogens with zero attached hydrogens (tertiary/aromatic N) is 3. The van der Waals surface area contributed by atoms with E-state index in [0.29, 0.717) is 18.7 Å². The van der Waals surface area contributed by atoms with E-state index in [9.17, 15) is 9.59 Å². The number of amides is 1. The lowest BCUT2D eigenvalue weighted by Gasteiger charge is -2.26. The zero-order valence-corrected chi connectivity index (χ0v) is 14.4. The van der Waals surface area contributed by atoms with E-state index in [4.69, 9.17) is 4.74 Å². The molecule has 1 saturated heterocycles. The van der Waals surface area contributed by atoms with Crippen molar-refractivity contribution in [3.8, 4) is 0 Å². The van der Waals surface area contributed by atoms with Crippen LogP contribution in [-0.2, 0) is 4.74 Å². The second kappa shape index (κ2) is 6.30. The predicted molar refractivity (Wildman–Crippen MR) is 91.0 cm³/mol. The molecule has 1 atom stereocenters. The summed E-state index contributed by atoms with van der Waals surface area (Å²) in [5.74, 6) is 0. The maximum absolute atomic E-state index is 12.3. The summed E-state index contributed by atoms with van der Waals surface area (Å²) < 4.78 is 7.23. The molecular formula is C17H24N4O3. The van der Waals surface area contributed by atoms with Gasteiger partial charge in [-0.1, -0.05) is 0 Å². The van der Waals surface area contributed by atoms with Crippen LogP contribution in [0.1, 0.15) is 46.1 Å². The number of nitrogens with one attached hydrogen (secondary N) is 1. The van der Waals surface area contributed by atoms with Crippen LogP contribution in [0, 0.1) is 0 Å². The number of carbonyl (C=O) groups excluding carboxylic acids is 1. The second-order valence-corrected chi connectivity index (χ2v) is 7.22. The monoisotopic (exact) mass is 332 g/mol. The lowest BCUT2D eigenvalue weighted by atomic mass is 10.1. The first-order valence-electron chi connectivity index (χ1n) is 8.38. The highest BCUT2D eigenvalue weighted by molar-refractivity contribution is 5.70. The van der Waals surface area contributed by atoms with Crippen molar-refractivity contribution in [2.45, 2.75) is 51.7 Å². The van der Waals surface area contributed by atoms with Gasteiger partial charge >= 0.3 is 11.8 Å². The van der Waals surface area contributed by atoms with Crippen molar-refractivity contribution >= 4 is 17.3 Å². The number of carbonyl (C=O) groups is 1. The van der Waals surface area contributed by atoms with Crippen molar-refractivity contribution in [3.63, 3.8) is 0 Å². The molecule has 3 rings (SSSR count). The van der Waals surface area contributed by atoms with E-state index in [1.54, 1.807) is 15.7 Å². The fourth-order valence-electron chi connectivity index (χ4n) is 3.17. The Morgan fingerprint density at radius 2 is 2.12 bits per heavy atom. The quantitative estimate of drug-likeness (QED) is 0.870. The van der Waals surface area contributed by atoms with Gasteiger partial charge in [0.2, 0.25) is 0 Å². The van der Waals surface area contributed by atoms with Crippen molar-refractivity contribution in [2.24, 2.45) is 0 Å². The molecule has 1 N–H and O–H groups in total. The van der Waals surface area contributed by atoms with E-state index in [2.05, 4.69) is 9.97 Å². The molecule has 7 heteroatoms. The summed E-state index contributed by atoms with van der Waals surface area (Å²) in [6, 6.07) is 3.79. The molecule has 130 valence electrons. The molecule has 1 aliphatic rings. The summed E-state index contributed by atoms with van der Waals surface area (Å²) >= 11 is 0.